The summed E-state index contributed by atoms with van der Waals surface area (Å²) in [5.74, 6) is -1.41. The molecular weight excluding hydrogens is 493 g/mol. The number of anilines is 2. The van der Waals surface area contributed by atoms with Gasteiger partial charge in [0, 0.05) is 44.2 Å². The molecule has 4 heterocycles. The molecule has 5 rings (SSSR count). The Kier molecular flexibility index (Phi) is 7.19. The Morgan fingerprint density at radius 3 is 2.53 bits per heavy atom. The number of nitrogens with zero attached hydrogens (tertiary/aromatic N) is 4. The minimum absolute atomic E-state index is 0.0267. The Hall–Kier alpha value is -4.12. The van der Waals surface area contributed by atoms with Crippen molar-refractivity contribution in [3.63, 3.8) is 0 Å². The lowest BCUT2D eigenvalue weighted by Crippen LogP contribution is -2.37. The third-order valence-electron chi connectivity index (χ3n) is 6.83. The number of aromatic nitrogens is 2. The molecule has 198 valence electrons. The molecule has 0 spiro atoms. The number of morpholine rings is 1. The SMILES string of the molecule is Cc1c(C(=O)NCC(=O)Cc2ccc(F)cc2)nc2c(N3CCCC3=O)cc(N3CCOCC3)cn2c1=O. The van der Waals surface area contributed by atoms with Gasteiger partial charge < -0.3 is 19.9 Å². The van der Waals surface area contributed by atoms with Crippen LogP contribution in [0.25, 0.3) is 5.65 Å². The van der Waals surface area contributed by atoms with Crippen LogP contribution in [0.3, 0.4) is 0 Å². The van der Waals surface area contributed by atoms with Gasteiger partial charge in [0.05, 0.1) is 31.1 Å². The molecule has 2 amide bonds. The highest BCUT2D eigenvalue weighted by Crippen LogP contribution is 2.30. The number of hydrogen-bond donors (Lipinski definition) is 1. The van der Waals surface area contributed by atoms with E-state index < -0.39 is 17.3 Å². The fourth-order valence-electron chi connectivity index (χ4n) is 4.77. The Bertz CT molecular complexity index is 1460. The molecule has 1 N–H and O–H groups in total. The summed E-state index contributed by atoms with van der Waals surface area (Å²) in [6, 6.07) is 7.39. The van der Waals surface area contributed by atoms with E-state index in [0.29, 0.717) is 56.9 Å². The van der Waals surface area contributed by atoms with Crippen molar-refractivity contribution in [2.75, 3.05) is 49.2 Å². The van der Waals surface area contributed by atoms with E-state index in [-0.39, 0.29) is 41.6 Å². The zero-order valence-corrected chi connectivity index (χ0v) is 21.0. The summed E-state index contributed by atoms with van der Waals surface area (Å²) >= 11 is 0. The highest BCUT2D eigenvalue weighted by atomic mass is 19.1. The van der Waals surface area contributed by atoms with Gasteiger partial charge in [-0.25, -0.2) is 9.37 Å². The number of carbonyl (C=O) groups is 3. The number of rotatable bonds is 7. The molecule has 2 aromatic heterocycles. The van der Waals surface area contributed by atoms with Crippen molar-refractivity contribution in [3.8, 4) is 0 Å². The van der Waals surface area contributed by atoms with Crippen LogP contribution in [0.1, 0.15) is 34.5 Å². The molecule has 0 aliphatic carbocycles. The van der Waals surface area contributed by atoms with Gasteiger partial charge in [-0.2, -0.15) is 0 Å². The molecular formula is C27H28FN5O5. The summed E-state index contributed by atoms with van der Waals surface area (Å²) in [7, 11) is 0. The van der Waals surface area contributed by atoms with Crippen LogP contribution in [-0.4, -0.2) is 66.4 Å². The van der Waals surface area contributed by atoms with Gasteiger partial charge in [0.2, 0.25) is 5.91 Å². The minimum Gasteiger partial charge on any atom is -0.378 e. The number of halogens is 1. The van der Waals surface area contributed by atoms with Gasteiger partial charge in [-0.15, -0.1) is 0 Å². The first kappa shape index (κ1) is 25.5. The monoisotopic (exact) mass is 521 g/mol. The topological polar surface area (TPSA) is 113 Å². The lowest BCUT2D eigenvalue weighted by molar-refractivity contribution is -0.118. The number of carbonyl (C=O) groups excluding carboxylic acids is 3. The van der Waals surface area contributed by atoms with E-state index in [1.54, 1.807) is 11.1 Å². The number of nitrogens with one attached hydrogen (secondary N) is 1. The van der Waals surface area contributed by atoms with Crippen LogP contribution < -0.4 is 20.7 Å². The molecule has 1 aromatic carbocycles. The normalized spacial score (nSPS) is 15.8. The number of Topliss-reactive ketones (excluding diaryl/α,β-unsaturated/α-hetero) is 1. The lowest BCUT2D eigenvalue weighted by Gasteiger charge is -2.30. The van der Waals surface area contributed by atoms with Crippen molar-refractivity contribution < 1.29 is 23.5 Å². The van der Waals surface area contributed by atoms with Gasteiger partial charge in [-0.05, 0) is 37.1 Å². The van der Waals surface area contributed by atoms with Crippen molar-refractivity contribution >= 4 is 34.6 Å². The number of benzene rings is 1. The second-order valence-electron chi connectivity index (χ2n) is 9.44. The highest BCUT2D eigenvalue weighted by Gasteiger charge is 2.28. The van der Waals surface area contributed by atoms with E-state index in [2.05, 4.69) is 15.2 Å². The zero-order chi connectivity index (χ0) is 26.8. The number of hydrogen-bond acceptors (Lipinski definition) is 7. The molecule has 38 heavy (non-hydrogen) atoms. The standard InChI is InChI=1S/C27H28FN5O5/c1-17-24(26(36)29-15-21(34)13-18-4-6-19(28)7-5-18)30-25-22(32-8-2-3-23(32)35)14-20(16-33(25)27(17)37)31-9-11-38-12-10-31/h4-7,14,16H,2-3,8-13,15H2,1H3,(H,29,36). The maximum absolute atomic E-state index is 13.4. The van der Waals surface area contributed by atoms with Gasteiger partial charge in [0.15, 0.2) is 11.4 Å². The van der Waals surface area contributed by atoms with Crippen molar-refractivity contribution in [1.29, 1.82) is 0 Å². The summed E-state index contributed by atoms with van der Waals surface area (Å²) in [5, 5.41) is 2.55. The Morgan fingerprint density at radius 1 is 1.11 bits per heavy atom. The number of amides is 2. The summed E-state index contributed by atoms with van der Waals surface area (Å²) in [5.41, 5.74) is 1.66. The van der Waals surface area contributed by atoms with Crippen molar-refractivity contribution in [2.45, 2.75) is 26.2 Å². The average molecular weight is 522 g/mol. The molecule has 0 radical (unpaired) electrons. The van der Waals surface area contributed by atoms with Crippen LogP contribution in [0.4, 0.5) is 15.8 Å². The van der Waals surface area contributed by atoms with Crippen molar-refractivity contribution in [3.05, 3.63) is 69.5 Å². The molecule has 0 saturated carbocycles. The maximum Gasteiger partial charge on any atom is 0.270 e. The largest absolute Gasteiger partial charge is 0.378 e. The minimum atomic E-state index is -0.662. The summed E-state index contributed by atoms with van der Waals surface area (Å²) in [6.45, 7) is 4.13. The quantitative estimate of drug-likeness (QED) is 0.503. The van der Waals surface area contributed by atoms with Crippen LogP contribution >= 0.6 is 0 Å². The van der Waals surface area contributed by atoms with E-state index in [9.17, 15) is 23.6 Å². The predicted molar refractivity (Wildman–Crippen MR) is 138 cm³/mol. The van der Waals surface area contributed by atoms with E-state index in [1.807, 2.05) is 6.07 Å². The fraction of sp³-hybridized carbons (Fsp3) is 0.370. The maximum atomic E-state index is 13.4. The third kappa shape index (κ3) is 5.14. The van der Waals surface area contributed by atoms with Crippen LogP contribution in [0.5, 0.6) is 0 Å². The van der Waals surface area contributed by atoms with Crippen LogP contribution in [-0.2, 0) is 20.7 Å². The molecule has 2 aliphatic rings. The first-order chi connectivity index (χ1) is 18.3. The highest BCUT2D eigenvalue weighted by molar-refractivity contribution is 6.01. The van der Waals surface area contributed by atoms with Gasteiger partial charge in [-0.3, -0.25) is 23.6 Å². The van der Waals surface area contributed by atoms with Gasteiger partial charge in [-0.1, -0.05) is 12.1 Å². The van der Waals surface area contributed by atoms with E-state index in [4.69, 9.17) is 4.74 Å². The number of fused-ring (bicyclic) bond motifs is 1. The second kappa shape index (κ2) is 10.7. The first-order valence-electron chi connectivity index (χ1n) is 12.6. The zero-order valence-electron chi connectivity index (χ0n) is 21.0. The summed E-state index contributed by atoms with van der Waals surface area (Å²) < 4.78 is 19.9. The predicted octanol–water partition coefficient (Wildman–Crippen LogP) is 1.65. The summed E-state index contributed by atoms with van der Waals surface area (Å²) in [4.78, 5) is 59.8. The van der Waals surface area contributed by atoms with E-state index in [0.717, 1.165) is 5.69 Å². The fourth-order valence-corrected chi connectivity index (χ4v) is 4.77. The Morgan fingerprint density at radius 2 is 1.84 bits per heavy atom. The molecule has 2 saturated heterocycles. The molecule has 11 heteroatoms. The Labute approximate surface area is 218 Å². The van der Waals surface area contributed by atoms with Gasteiger partial charge >= 0.3 is 0 Å². The van der Waals surface area contributed by atoms with Crippen LogP contribution in [0, 0.1) is 12.7 Å². The molecule has 10 nitrogen and oxygen atoms in total. The van der Waals surface area contributed by atoms with Crippen molar-refractivity contribution in [1.82, 2.24) is 14.7 Å². The Balaban J connectivity index is 1.46. The third-order valence-corrected chi connectivity index (χ3v) is 6.83. The number of ketones is 1. The van der Waals surface area contributed by atoms with Gasteiger partial charge in [0.1, 0.15) is 11.5 Å². The smallest absolute Gasteiger partial charge is 0.270 e. The molecule has 2 aliphatic heterocycles. The number of ether oxygens (including phenoxy) is 1. The molecule has 3 aromatic rings. The lowest BCUT2D eigenvalue weighted by atomic mass is 10.1. The van der Waals surface area contributed by atoms with E-state index in [1.165, 1.54) is 35.6 Å². The van der Waals surface area contributed by atoms with Crippen LogP contribution in [0.2, 0.25) is 0 Å². The summed E-state index contributed by atoms with van der Waals surface area (Å²) in [6.07, 6.45) is 2.79. The molecule has 0 unspecified atom stereocenters. The van der Waals surface area contributed by atoms with Gasteiger partial charge in [0.25, 0.3) is 11.5 Å². The second-order valence-corrected chi connectivity index (χ2v) is 9.44. The molecule has 2 fully saturated rings. The average Bonchev–Trinajstić information content (AvgIpc) is 3.36. The number of pyridine rings is 1. The van der Waals surface area contributed by atoms with Crippen LogP contribution in [0.15, 0.2) is 41.3 Å². The molecule has 0 bridgehead atoms. The molecule has 0 atom stereocenters. The van der Waals surface area contributed by atoms with Crippen molar-refractivity contribution in [2.24, 2.45) is 0 Å². The first-order valence-corrected chi connectivity index (χ1v) is 12.6. The van der Waals surface area contributed by atoms with E-state index >= 15 is 0 Å².